The number of allylic oxidation sites excluding steroid dienone is 2. The van der Waals surface area contributed by atoms with Crippen molar-refractivity contribution < 1.29 is 23.9 Å². The molecule has 0 bridgehead atoms. The molecule has 1 aliphatic carbocycles. The Morgan fingerprint density at radius 2 is 1.60 bits per heavy atom. The van der Waals surface area contributed by atoms with Crippen LogP contribution in [0.25, 0.3) is 22.2 Å². The standard InChI is InChI=1S/C35H29BrN2O5/c1-2-8-31(32(39)22-9-4-3-5-10-22)43-35(42)28-20-30(37-29-18-15-23(36)19-27(28)29)21-13-16-24(17-14-21)38-33(40)25-11-6-7-12-26(25)34(38)41/h3-7,9-10,13-20,25-26,31H,2,8,11-12H2,1H3. The number of amides is 2. The Balaban J connectivity index is 1.32. The monoisotopic (exact) mass is 636 g/mol. The average molecular weight is 638 g/mol. The zero-order valence-electron chi connectivity index (χ0n) is 23.5. The molecular weight excluding hydrogens is 608 g/mol. The average Bonchev–Trinajstić information content (AvgIpc) is 3.29. The van der Waals surface area contributed by atoms with Crippen molar-refractivity contribution in [3.05, 3.63) is 107 Å². The summed E-state index contributed by atoms with van der Waals surface area (Å²) in [6.07, 6.45) is 5.22. The van der Waals surface area contributed by atoms with Crippen LogP contribution in [-0.2, 0) is 14.3 Å². The maximum absolute atomic E-state index is 13.7. The van der Waals surface area contributed by atoms with Crippen LogP contribution in [0.5, 0.6) is 0 Å². The summed E-state index contributed by atoms with van der Waals surface area (Å²) in [4.78, 5) is 59.1. The molecule has 2 amide bonds. The zero-order valence-corrected chi connectivity index (χ0v) is 25.1. The topological polar surface area (TPSA) is 93.6 Å². The van der Waals surface area contributed by atoms with Crippen LogP contribution in [0.2, 0.25) is 0 Å². The van der Waals surface area contributed by atoms with Gasteiger partial charge in [-0.3, -0.25) is 19.3 Å². The van der Waals surface area contributed by atoms with Crippen molar-refractivity contribution >= 4 is 56.1 Å². The Hall–Kier alpha value is -4.43. The number of esters is 1. The molecule has 1 saturated heterocycles. The number of Topliss-reactive ketones (excluding diaryl/α,β-unsaturated/α-hetero) is 1. The number of aromatic nitrogens is 1. The molecule has 1 fully saturated rings. The van der Waals surface area contributed by atoms with E-state index in [-0.39, 0.29) is 35.0 Å². The Labute approximate surface area is 257 Å². The van der Waals surface area contributed by atoms with Gasteiger partial charge in [0.05, 0.1) is 34.3 Å². The second-order valence-electron chi connectivity index (χ2n) is 10.8. The van der Waals surface area contributed by atoms with E-state index in [1.807, 2.05) is 37.3 Å². The van der Waals surface area contributed by atoms with Crippen LogP contribution in [0.1, 0.15) is 53.3 Å². The number of hydrogen-bond acceptors (Lipinski definition) is 6. The second-order valence-corrected chi connectivity index (χ2v) is 11.8. The Bertz CT molecular complexity index is 1740. The van der Waals surface area contributed by atoms with Crippen molar-refractivity contribution in [2.45, 2.75) is 38.7 Å². The number of carbonyl (C=O) groups excluding carboxylic acids is 4. The molecule has 43 heavy (non-hydrogen) atoms. The number of fused-ring (bicyclic) bond motifs is 2. The van der Waals surface area contributed by atoms with Gasteiger partial charge in [-0.05, 0) is 55.7 Å². The highest BCUT2D eigenvalue weighted by Gasteiger charge is 2.47. The van der Waals surface area contributed by atoms with Crippen LogP contribution < -0.4 is 4.90 Å². The number of imide groups is 1. The van der Waals surface area contributed by atoms with Gasteiger partial charge < -0.3 is 4.74 Å². The molecule has 2 aliphatic rings. The van der Waals surface area contributed by atoms with E-state index < -0.39 is 12.1 Å². The molecule has 3 unspecified atom stereocenters. The first-order valence-corrected chi connectivity index (χ1v) is 15.2. The summed E-state index contributed by atoms with van der Waals surface area (Å²) in [5.74, 6) is -1.81. The van der Waals surface area contributed by atoms with Crippen LogP contribution in [0.4, 0.5) is 5.69 Å². The van der Waals surface area contributed by atoms with Gasteiger partial charge in [0.25, 0.3) is 0 Å². The van der Waals surface area contributed by atoms with Crippen LogP contribution in [0, 0.1) is 11.8 Å². The van der Waals surface area contributed by atoms with E-state index in [2.05, 4.69) is 15.9 Å². The number of carbonyl (C=O) groups is 4. The van der Waals surface area contributed by atoms with Crippen molar-refractivity contribution in [1.29, 1.82) is 0 Å². The summed E-state index contributed by atoms with van der Waals surface area (Å²) in [5.41, 5.74) is 3.09. The molecule has 3 aromatic carbocycles. The highest BCUT2D eigenvalue weighted by atomic mass is 79.9. The van der Waals surface area contributed by atoms with E-state index in [9.17, 15) is 19.2 Å². The van der Waals surface area contributed by atoms with Gasteiger partial charge in [0, 0.05) is 21.0 Å². The van der Waals surface area contributed by atoms with E-state index in [0.717, 1.165) is 4.47 Å². The van der Waals surface area contributed by atoms with Crippen molar-refractivity contribution in [3.8, 4) is 11.3 Å². The number of ether oxygens (including phenoxy) is 1. The minimum atomic E-state index is -0.924. The predicted molar refractivity (Wildman–Crippen MR) is 168 cm³/mol. The number of ketones is 1. The molecular formula is C35H29BrN2O5. The number of halogens is 1. The van der Waals surface area contributed by atoms with Gasteiger partial charge >= 0.3 is 5.97 Å². The maximum Gasteiger partial charge on any atom is 0.339 e. The van der Waals surface area contributed by atoms with Crippen molar-refractivity contribution in [1.82, 2.24) is 4.98 Å². The molecule has 1 aliphatic heterocycles. The number of benzene rings is 3. The minimum absolute atomic E-state index is 0.168. The molecule has 0 radical (unpaired) electrons. The highest BCUT2D eigenvalue weighted by molar-refractivity contribution is 9.10. The van der Waals surface area contributed by atoms with E-state index in [1.165, 1.54) is 4.90 Å². The summed E-state index contributed by atoms with van der Waals surface area (Å²) in [6.45, 7) is 1.94. The van der Waals surface area contributed by atoms with Gasteiger partial charge in [-0.2, -0.15) is 0 Å². The summed E-state index contributed by atoms with van der Waals surface area (Å²) in [5, 5.41) is 0.589. The molecule has 0 spiro atoms. The van der Waals surface area contributed by atoms with Crippen LogP contribution in [-0.4, -0.2) is 34.7 Å². The number of nitrogens with zero attached hydrogens (tertiary/aromatic N) is 2. The van der Waals surface area contributed by atoms with E-state index in [0.29, 0.717) is 59.1 Å². The molecule has 8 heteroatoms. The van der Waals surface area contributed by atoms with Gasteiger partial charge in [-0.15, -0.1) is 0 Å². The fraction of sp³-hybridized carbons (Fsp3) is 0.229. The van der Waals surface area contributed by atoms with Gasteiger partial charge in [-0.1, -0.05) is 83.9 Å². The Morgan fingerprint density at radius 3 is 2.26 bits per heavy atom. The summed E-state index contributed by atoms with van der Waals surface area (Å²) < 4.78 is 6.64. The third-order valence-electron chi connectivity index (χ3n) is 8.07. The first kappa shape index (κ1) is 28.7. The molecule has 1 aromatic heterocycles. The molecule has 2 heterocycles. The van der Waals surface area contributed by atoms with Crippen LogP contribution >= 0.6 is 15.9 Å². The molecule has 3 atom stereocenters. The zero-order chi connectivity index (χ0) is 30.1. The first-order valence-electron chi connectivity index (χ1n) is 14.4. The highest BCUT2D eigenvalue weighted by Crippen LogP contribution is 2.38. The Kier molecular flexibility index (Phi) is 8.04. The van der Waals surface area contributed by atoms with Crippen molar-refractivity contribution in [3.63, 3.8) is 0 Å². The third-order valence-corrected chi connectivity index (χ3v) is 8.56. The van der Waals surface area contributed by atoms with Gasteiger partial charge in [0.15, 0.2) is 6.10 Å². The van der Waals surface area contributed by atoms with Crippen molar-refractivity contribution in [2.75, 3.05) is 4.90 Å². The lowest BCUT2D eigenvalue weighted by Gasteiger charge is -2.18. The van der Waals surface area contributed by atoms with Crippen LogP contribution in [0.15, 0.2) is 95.5 Å². The number of hydrogen-bond donors (Lipinski definition) is 0. The van der Waals surface area contributed by atoms with Crippen LogP contribution in [0.3, 0.4) is 0 Å². The lowest BCUT2D eigenvalue weighted by Crippen LogP contribution is -2.30. The molecule has 4 aromatic rings. The van der Waals surface area contributed by atoms with E-state index in [1.54, 1.807) is 60.7 Å². The van der Waals surface area contributed by atoms with E-state index >= 15 is 0 Å². The first-order chi connectivity index (χ1) is 20.9. The van der Waals surface area contributed by atoms with Gasteiger partial charge in [-0.25, -0.2) is 9.78 Å². The van der Waals surface area contributed by atoms with E-state index in [4.69, 9.17) is 9.72 Å². The number of anilines is 1. The molecule has 7 nitrogen and oxygen atoms in total. The van der Waals surface area contributed by atoms with Gasteiger partial charge in [0.2, 0.25) is 17.6 Å². The predicted octanol–water partition coefficient (Wildman–Crippen LogP) is 7.33. The normalized spacial score (nSPS) is 18.5. The summed E-state index contributed by atoms with van der Waals surface area (Å²) in [7, 11) is 0. The summed E-state index contributed by atoms with van der Waals surface area (Å²) >= 11 is 3.48. The molecule has 6 rings (SSSR count). The quantitative estimate of drug-likeness (QED) is 0.0870. The smallest absolute Gasteiger partial charge is 0.339 e. The molecule has 0 saturated carbocycles. The lowest BCUT2D eigenvalue weighted by atomic mass is 9.85. The largest absolute Gasteiger partial charge is 0.450 e. The third kappa shape index (κ3) is 5.55. The van der Waals surface area contributed by atoms with Gasteiger partial charge in [0.1, 0.15) is 0 Å². The number of rotatable bonds is 8. The number of pyridine rings is 1. The maximum atomic E-state index is 13.7. The minimum Gasteiger partial charge on any atom is -0.450 e. The SMILES string of the molecule is CCCC(OC(=O)c1cc(-c2ccc(N3C(=O)C4CC=CCC4C3=O)cc2)nc2ccc(Br)cc12)C(=O)c1ccccc1. The molecule has 0 N–H and O–H groups in total. The summed E-state index contributed by atoms with van der Waals surface area (Å²) in [6, 6.07) is 23.0. The lowest BCUT2D eigenvalue weighted by molar-refractivity contribution is -0.122. The fourth-order valence-corrected chi connectivity index (χ4v) is 6.20. The van der Waals surface area contributed by atoms with Crippen molar-refractivity contribution in [2.24, 2.45) is 11.8 Å². The molecule has 216 valence electrons. The second kappa shape index (κ2) is 12.1. The Morgan fingerprint density at radius 1 is 0.930 bits per heavy atom. The fourth-order valence-electron chi connectivity index (χ4n) is 5.84.